The predicted molar refractivity (Wildman–Crippen MR) is 142 cm³/mol. The van der Waals surface area contributed by atoms with Gasteiger partial charge >= 0.3 is 0 Å². The van der Waals surface area contributed by atoms with E-state index < -0.39 is 0 Å². The average molecular weight is 490 g/mol. The van der Waals surface area contributed by atoms with Gasteiger partial charge in [0.2, 0.25) is 0 Å². The van der Waals surface area contributed by atoms with Crippen molar-refractivity contribution < 1.29 is 9.47 Å². The summed E-state index contributed by atoms with van der Waals surface area (Å²) >= 11 is 0. The van der Waals surface area contributed by atoms with Crippen LogP contribution >= 0.6 is 0 Å². The second-order valence-electron chi connectivity index (χ2n) is 9.10. The maximum absolute atomic E-state index is 9.78. The Bertz CT molecular complexity index is 1240. The van der Waals surface area contributed by atoms with Crippen molar-refractivity contribution in [2.24, 2.45) is 11.6 Å². The van der Waals surface area contributed by atoms with E-state index in [0.29, 0.717) is 30.2 Å². The van der Waals surface area contributed by atoms with Gasteiger partial charge in [-0.3, -0.25) is 0 Å². The maximum atomic E-state index is 9.78. The van der Waals surface area contributed by atoms with Gasteiger partial charge in [-0.15, -0.1) is 0 Å². The van der Waals surface area contributed by atoms with Crippen molar-refractivity contribution in [1.82, 2.24) is 20.3 Å². The highest BCUT2D eigenvalue weighted by atomic mass is 16.5. The molecule has 1 aliphatic heterocycles. The number of ether oxygens (including phenoxy) is 2. The Hall–Kier alpha value is -3.58. The summed E-state index contributed by atoms with van der Waals surface area (Å²) < 4.78 is 11.5. The fraction of sp³-hybridized carbons (Fsp3) is 0.407. The fourth-order valence-corrected chi connectivity index (χ4v) is 4.26. The zero-order valence-corrected chi connectivity index (χ0v) is 21.0. The SMILES string of the molecule is CCNCCC(C)N(N)/C=C(\N)c1cnc2[nH]cc(-c3ccc(OC4CCOCC4)c(C#N)c3)c2c1. The Morgan fingerprint density at radius 3 is 2.94 bits per heavy atom. The quantitative estimate of drug-likeness (QED) is 0.193. The molecule has 0 bridgehead atoms. The van der Waals surface area contributed by atoms with Crippen molar-refractivity contribution in [3.63, 3.8) is 0 Å². The van der Waals surface area contributed by atoms with Crippen LogP contribution in [0.1, 0.15) is 44.2 Å². The largest absolute Gasteiger partial charge is 0.489 e. The monoisotopic (exact) mass is 489 g/mol. The van der Waals surface area contributed by atoms with Crippen LogP contribution < -0.4 is 21.6 Å². The molecule has 0 aliphatic carbocycles. The normalized spacial score (nSPS) is 15.6. The summed E-state index contributed by atoms with van der Waals surface area (Å²) in [6.07, 6.45) is 8.01. The molecule has 1 atom stereocenters. The average Bonchev–Trinajstić information content (AvgIpc) is 3.33. The van der Waals surface area contributed by atoms with Gasteiger partial charge in [0.1, 0.15) is 23.6 Å². The molecule has 0 amide bonds. The van der Waals surface area contributed by atoms with Crippen molar-refractivity contribution >= 4 is 16.7 Å². The van der Waals surface area contributed by atoms with Crippen LogP contribution in [-0.4, -0.2) is 53.4 Å². The first kappa shape index (κ1) is 25.5. The van der Waals surface area contributed by atoms with Crippen LogP contribution in [0.2, 0.25) is 0 Å². The fourth-order valence-electron chi connectivity index (χ4n) is 4.26. The summed E-state index contributed by atoms with van der Waals surface area (Å²) in [5.41, 5.74) is 10.8. The molecule has 1 aliphatic rings. The van der Waals surface area contributed by atoms with Crippen LogP contribution in [0, 0.1) is 11.3 Å². The van der Waals surface area contributed by atoms with Crippen LogP contribution in [0.4, 0.5) is 0 Å². The lowest BCUT2D eigenvalue weighted by atomic mass is 10.0. The second kappa shape index (κ2) is 11.9. The number of nitrogens with one attached hydrogen (secondary N) is 2. The van der Waals surface area contributed by atoms with E-state index in [9.17, 15) is 5.26 Å². The lowest BCUT2D eigenvalue weighted by molar-refractivity contribution is 0.0254. The number of hydrogen-bond donors (Lipinski definition) is 4. The van der Waals surface area contributed by atoms with Gasteiger partial charge in [0, 0.05) is 54.0 Å². The number of aromatic nitrogens is 2. The molecule has 190 valence electrons. The van der Waals surface area contributed by atoms with Gasteiger partial charge < -0.3 is 30.5 Å². The van der Waals surface area contributed by atoms with E-state index in [4.69, 9.17) is 21.1 Å². The minimum absolute atomic E-state index is 0.0686. The third kappa shape index (κ3) is 5.97. The molecule has 1 fully saturated rings. The minimum atomic E-state index is 0.0686. The van der Waals surface area contributed by atoms with Gasteiger partial charge in [0.25, 0.3) is 0 Å². The molecule has 6 N–H and O–H groups in total. The summed E-state index contributed by atoms with van der Waals surface area (Å²) in [5.74, 6) is 6.84. The summed E-state index contributed by atoms with van der Waals surface area (Å²) in [5, 5.41) is 15.6. The zero-order chi connectivity index (χ0) is 25.5. The number of pyridine rings is 1. The minimum Gasteiger partial charge on any atom is -0.489 e. The van der Waals surface area contributed by atoms with Gasteiger partial charge in [-0.2, -0.15) is 5.26 Å². The van der Waals surface area contributed by atoms with Crippen molar-refractivity contribution in [3.05, 3.63) is 54.0 Å². The molecule has 3 aromatic rings. The number of aromatic amines is 1. The first-order valence-corrected chi connectivity index (χ1v) is 12.5. The molecule has 3 heterocycles. The van der Waals surface area contributed by atoms with E-state index in [0.717, 1.165) is 60.1 Å². The van der Waals surface area contributed by atoms with Gasteiger partial charge in [0.15, 0.2) is 0 Å². The number of nitriles is 1. The topological polar surface area (TPSA) is 138 Å². The van der Waals surface area contributed by atoms with Crippen LogP contribution in [0.15, 0.2) is 42.9 Å². The number of rotatable bonds is 10. The van der Waals surface area contributed by atoms with Crippen LogP contribution in [-0.2, 0) is 4.74 Å². The van der Waals surface area contributed by atoms with Gasteiger partial charge in [-0.1, -0.05) is 13.0 Å². The highest BCUT2D eigenvalue weighted by molar-refractivity contribution is 5.95. The summed E-state index contributed by atoms with van der Waals surface area (Å²) in [6.45, 7) is 7.34. The van der Waals surface area contributed by atoms with Gasteiger partial charge in [0.05, 0.1) is 24.5 Å². The third-order valence-electron chi connectivity index (χ3n) is 6.52. The first-order valence-electron chi connectivity index (χ1n) is 12.5. The molecule has 9 nitrogen and oxygen atoms in total. The Morgan fingerprint density at radius 2 is 2.19 bits per heavy atom. The van der Waals surface area contributed by atoms with Crippen LogP contribution in [0.5, 0.6) is 5.75 Å². The highest BCUT2D eigenvalue weighted by Gasteiger charge is 2.18. The summed E-state index contributed by atoms with van der Waals surface area (Å²) in [4.78, 5) is 7.77. The number of hydrogen-bond acceptors (Lipinski definition) is 8. The van der Waals surface area contributed by atoms with Crippen LogP contribution in [0.25, 0.3) is 27.9 Å². The Kier molecular flexibility index (Phi) is 8.44. The first-order chi connectivity index (χ1) is 17.5. The molecule has 1 saturated heterocycles. The van der Waals surface area contributed by atoms with Crippen molar-refractivity contribution in [2.75, 3.05) is 26.3 Å². The summed E-state index contributed by atoms with van der Waals surface area (Å²) in [6, 6.07) is 10.1. The van der Waals surface area contributed by atoms with E-state index in [2.05, 4.69) is 35.2 Å². The summed E-state index contributed by atoms with van der Waals surface area (Å²) in [7, 11) is 0. The van der Waals surface area contributed by atoms with Crippen molar-refractivity contribution in [3.8, 4) is 22.9 Å². The molecule has 2 aromatic heterocycles. The smallest absolute Gasteiger partial charge is 0.137 e. The van der Waals surface area contributed by atoms with Crippen LogP contribution in [0.3, 0.4) is 0 Å². The molecule has 36 heavy (non-hydrogen) atoms. The van der Waals surface area contributed by atoms with Gasteiger partial charge in [-0.25, -0.2) is 10.8 Å². The number of nitrogens with zero attached hydrogens (tertiary/aromatic N) is 3. The standard InChI is InChI=1S/C27H35N7O2/c1-3-31-9-6-18(2)34(30)17-25(29)21-13-23-24(16-33-27(23)32-15-21)19-4-5-26(20(12-19)14-28)36-22-7-10-35-11-8-22/h4-5,12-13,15-18,22,31H,3,6-11,29-30H2,1-2H3,(H,32,33)/b25-17-. The molecule has 0 saturated carbocycles. The molecule has 0 radical (unpaired) electrons. The maximum Gasteiger partial charge on any atom is 0.137 e. The number of H-pyrrole nitrogens is 1. The number of nitrogens with two attached hydrogens (primary N) is 2. The van der Waals surface area contributed by atoms with E-state index in [1.165, 1.54) is 0 Å². The van der Waals surface area contributed by atoms with Crippen molar-refractivity contribution in [1.29, 1.82) is 5.26 Å². The van der Waals surface area contributed by atoms with E-state index in [1.807, 2.05) is 30.5 Å². The molecule has 4 rings (SSSR count). The lowest BCUT2D eigenvalue weighted by Gasteiger charge is -2.23. The lowest BCUT2D eigenvalue weighted by Crippen LogP contribution is -2.37. The molecular formula is C27H35N7O2. The second-order valence-corrected chi connectivity index (χ2v) is 9.10. The highest BCUT2D eigenvalue weighted by Crippen LogP contribution is 2.33. The molecule has 1 unspecified atom stereocenters. The molecule has 9 heteroatoms. The van der Waals surface area contributed by atoms with E-state index in [-0.39, 0.29) is 12.1 Å². The third-order valence-corrected chi connectivity index (χ3v) is 6.52. The van der Waals surface area contributed by atoms with E-state index >= 15 is 0 Å². The van der Waals surface area contributed by atoms with Gasteiger partial charge in [-0.05, 0) is 50.2 Å². The van der Waals surface area contributed by atoms with E-state index in [1.54, 1.807) is 17.4 Å². The number of fused-ring (bicyclic) bond motifs is 1. The Morgan fingerprint density at radius 1 is 1.39 bits per heavy atom. The molecule has 0 spiro atoms. The molecular weight excluding hydrogens is 454 g/mol. The Labute approximate surface area is 212 Å². The zero-order valence-electron chi connectivity index (χ0n) is 21.0. The van der Waals surface area contributed by atoms with Crippen molar-refractivity contribution in [2.45, 2.75) is 45.3 Å². The number of benzene rings is 1. The Balaban J connectivity index is 1.57. The predicted octanol–water partition coefficient (Wildman–Crippen LogP) is 3.48. The number of hydrazine groups is 1. The molecule has 1 aromatic carbocycles.